The Morgan fingerprint density at radius 1 is 0.963 bits per heavy atom. The van der Waals surface area contributed by atoms with Gasteiger partial charge in [-0.2, -0.15) is 0 Å². The van der Waals surface area contributed by atoms with Gasteiger partial charge in [-0.15, -0.1) is 0 Å². The third-order valence-electron chi connectivity index (χ3n) is 4.03. The van der Waals surface area contributed by atoms with Crippen LogP contribution in [0, 0.1) is 0 Å². The lowest BCUT2D eigenvalue weighted by Crippen LogP contribution is -2.09. The molecule has 0 unspecified atom stereocenters. The summed E-state index contributed by atoms with van der Waals surface area (Å²) in [6, 6.07) is 17.9. The quantitative estimate of drug-likeness (QED) is 0.573. The van der Waals surface area contributed by atoms with E-state index in [0.717, 1.165) is 10.8 Å². The van der Waals surface area contributed by atoms with Gasteiger partial charge in [0.15, 0.2) is 6.61 Å². The molecule has 4 aromatic rings. The number of aliphatic carboxylic acids is 1. The fourth-order valence-corrected chi connectivity index (χ4v) is 2.75. The van der Waals surface area contributed by atoms with E-state index in [9.17, 15) is 9.59 Å². The maximum atomic E-state index is 12.7. The molecule has 0 aliphatic carbocycles. The second kappa shape index (κ2) is 6.84. The monoisotopic (exact) mass is 362 g/mol. The normalized spacial score (nSPS) is 10.8. The van der Waals surface area contributed by atoms with Gasteiger partial charge in [-0.25, -0.2) is 4.79 Å². The number of carboxylic acid groups (broad SMARTS) is 1. The first-order chi connectivity index (χ1) is 13.1. The lowest BCUT2D eigenvalue weighted by atomic mass is 10.1. The maximum absolute atomic E-state index is 12.7. The summed E-state index contributed by atoms with van der Waals surface area (Å²) in [5.41, 5.74) is -0.0389. The standard InChI is InChI=1S/C21H14O6/c22-20(23)12-25-15-7-8-17-18(10-15)26-11-19(21(17)24)27-16-6-5-13-3-1-2-4-14(13)9-16/h1-11H,12H2,(H,22,23). The zero-order valence-electron chi connectivity index (χ0n) is 14.0. The Balaban J connectivity index is 1.65. The number of ether oxygens (including phenoxy) is 2. The third-order valence-corrected chi connectivity index (χ3v) is 4.03. The fraction of sp³-hybridized carbons (Fsp3) is 0.0476. The highest BCUT2D eigenvalue weighted by Gasteiger charge is 2.11. The van der Waals surface area contributed by atoms with Crippen molar-refractivity contribution in [3.63, 3.8) is 0 Å². The van der Waals surface area contributed by atoms with Crippen LogP contribution in [0.2, 0.25) is 0 Å². The van der Waals surface area contributed by atoms with Crippen LogP contribution in [0.3, 0.4) is 0 Å². The Kier molecular flexibility index (Phi) is 4.22. The summed E-state index contributed by atoms with van der Waals surface area (Å²) in [5.74, 6) is -0.189. The number of carbonyl (C=O) groups is 1. The molecule has 0 bridgehead atoms. The summed E-state index contributed by atoms with van der Waals surface area (Å²) < 4.78 is 16.3. The van der Waals surface area contributed by atoms with Gasteiger partial charge in [0.25, 0.3) is 0 Å². The third kappa shape index (κ3) is 3.46. The lowest BCUT2D eigenvalue weighted by molar-refractivity contribution is -0.139. The summed E-state index contributed by atoms with van der Waals surface area (Å²) in [5, 5.41) is 11.0. The molecular weight excluding hydrogens is 348 g/mol. The molecule has 1 N–H and O–H groups in total. The minimum Gasteiger partial charge on any atom is -0.482 e. The van der Waals surface area contributed by atoms with Crippen LogP contribution >= 0.6 is 0 Å². The van der Waals surface area contributed by atoms with Crippen LogP contribution in [0.5, 0.6) is 17.2 Å². The molecule has 6 heteroatoms. The van der Waals surface area contributed by atoms with E-state index in [1.165, 1.54) is 24.5 Å². The number of hydrogen-bond donors (Lipinski definition) is 1. The molecule has 0 saturated heterocycles. The molecule has 134 valence electrons. The van der Waals surface area contributed by atoms with Crippen LogP contribution in [0.4, 0.5) is 0 Å². The van der Waals surface area contributed by atoms with E-state index in [2.05, 4.69) is 0 Å². The van der Waals surface area contributed by atoms with E-state index < -0.39 is 12.6 Å². The molecule has 1 aromatic heterocycles. The predicted octanol–water partition coefficient (Wildman–Crippen LogP) is 4.20. The highest BCUT2D eigenvalue weighted by molar-refractivity contribution is 5.84. The number of carboxylic acids is 1. The van der Waals surface area contributed by atoms with E-state index in [0.29, 0.717) is 16.9 Å². The zero-order chi connectivity index (χ0) is 18.8. The summed E-state index contributed by atoms with van der Waals surface area (Å²) in [4.78, 5) is 23.2. The van der Waals surface area contributed by atoms with Gasteiger partial charge < -0.3 is 19.0 Å². The maximum Gasteiger partial charge on any atom is 0.341 e. The second-order valence-corrected chi connectivity index (χ2v) is 5.88. The largest absolute Gasteiger partial charge is 0.482 e. The summed E-state index contributed by atoms with van der Waals surface area (Å²) in [6.45, 7) is -0.473. The first-order valence-corrected chi connectivity index (χ1v) is 8.17. The highest BCUT2D eigenvalue weighted by atomic mass is 16.5. The van der Waals surface area contributed by atoms with Gasteiger partial charge in [-0.05, 0) is 35.0 Å². The van der Waals surface area contributed by atoms with Crippen molar-refractivity contribution in [2.24, 2.45) is 0 Å². The molecule has 0 fully saturated rings. The average Bonchev–Trinajstić information content (AvgIpc) is 2.68. The Morgan fingerprint density at radius 3 is 2.56 bits per heavy atom. The molecule has 0 atom stereocenters. The molecule has 3 aromatic carbocycles. The van der Waals surface area contributed by atoms with Crippen molar-refractivity contribution in [2.45, 2.75) is 0 Å². The smallest absolute Gasteiger partial charge is 0.341 e. The lowest BCUT2D eigenvalue weighted by Gasteiger charge is -2.08. The molecule has 6 nitrogen and oxygen atoms in total. The molecule has 0 saturated carbocycles. The second-order valence-electron chi connectivity index (χ2n) is 5.88. The molecule has 0 aliphatic rings. The van der Waals surface area contributed by atoms with Crippen LogP contribution in [0.1, 0.15) is 0 Å². The van der Waals surface area contributed by atoms with Crippen LogP contribution in [0.25, 0.3) is 21.7 Å². The predicted molar refractivity (Wildman–Crippen MR) is 99.6 cm³/mol. The van der Waals surface area contributed by atoms with Crippen molar-refractivity contribution in [2.75, 3.05) is 6.61 Å². The van der Waals surface area contributed by atoms with Gasteiger partial charge in [-0.1, -0.05) is 30.3 Å². The van der Waals surface area contributed by atoms with Crippen LogP contribution < -0.4 is 14.9 Å². The van der Waals surface area contributed by atoms with E-state index in [1.807, 2.05) is 36.4 Å². The molecule has 0 radical (unpaired) electrons. The van der Waals surface area contributed by atoms with Crippen molar-refractivity contribution in [1.82, 2.24) is 0 Å². The van der Waals surface area contributed by atoms with E-state index in [1.54, 1.807) is 6.07 Å². The molecule has 0 amide bonds. The van der Waals surface area contributed by atoms with E-state index in [4.69, 9.17) is 19.0 Å². The minimum atomic E-state index is -1.09. The van der Waals surface area contributed by atoms with Crippen molar-refractivity contribution >= 4 is 27.7 Å². The average molecular weight is 362 g/mol. The number of fused-ring (bicyclic) bond motifs is 2. The van der Waals surface area contributed by atoms with Crippen molar-refractivity contribution in [3.05, 3.63) is 77.2 Å². The van der Waals surface area contributed by atoms with Crippen molar-refractivity contribution in [3.8, 4) is 17.2 Å². The van der Waals surface area contributed by atoms with Crippen LogP contribution in [-0.2, 0) is 4.79 Å². The van der Waals surface area contributed by atoms with Crippen LogP contribution in [0.15, 0.2) is 76.1 Å². The Morgan fingerprint density at radius 2 is 1.74 bits per heavy atom. The summed E-state index contributed by atoms with van der Waals surface area (Å²) in [6.07, 6.45) is 1.24. The Hall–Kier alpha value is -3.80. The molecular formula is C21H14O6. The van der Waals surface area contributed by atoms with Gasteiger partial charge in [0.05, 0.1) is 5.39 Å². The molecule has 0 aliphatic heterocycles. The Labute approximate surface area is 153 Å². The summed E-state index contributed by atoms with van der Waals surface area (Å²) >= 11 is 0. The molecule has 4 rings (SSSR count). The fourth-order valence-electron chi connectivity index (χ4n) is 2.75. The number of rotatable bonds is 5. The SMILES string of the molecule is O=C(O)COc1ccc2c(=O)c(Oc3ccc4ccccc4c3)coc2c1. The van der Waals surface area contributed by atoms with E-state index >= 15 is 0 Å². The van der Waals surface area contributed by atoms with Crippen LogP contribution in [-0.4, -0.2) is 17.7 Å². The van der Waals surface area contributed by atoms with Gasteiger partial charge in [0.2, 0.25) is 11.2 Å². The van der Waals surface area contributed by atoms with E-state index in [-0.39, 0.29) is 16.8 Å². The summed E-state index contributed by atoms with van der Waals surface area (Å²) in [7, 11) is 0. The minimum absolute atomic E-state index is 0.0667. The van der Waals surface area contributed by atoms with Gasteiger partial charge >= 0.3 is 5.97 Å². The highest BCUT2D eigenvalue weighted by Crippen LogP contribution is 2.26. The van der Waals surface area contributed by atoms with Crippen molar-refractivity contribution < 1.29 is 23.8 Å². The van der Waals surface area contributed by atoms with Crippen molar-refractivity contribution in [1.29, 1.82) is 0 Å². The zero-order valence-corrected chi connectivity index (χ0v) is 14.0. The molecule has 27 heavy (non-hydrogen) atoms. The first kappa shape index (κ1) is 16.7. The molecule has 1 heterocycles. The van der Waals surface area contributed by atoms with Gasteiger partial charge in [-0.3, -0.25) is 4.79 Å². The Bertz CT molecular complexity index is 1210. The van der Waals surface area contributed by atoms with Gasteiger partial charge in [0.1, 0.15) is 23.3 Å². The topological polar surface area (TPSA) is 86.0 Å². The molecule has 0 spiro atoms. The number of hydrogen-bond acceptors (Lipinski definition) is 5. The first-order valence-electron chi connectivity index (χ1n) is 8.17. The van der Waals surface area contributed by atoms with Gasteiger partial charge in [0, 0.05) is 6.07 Å². The number of benzene rings is 3.